The van der Waals surface area contributed by atoms with Gasteiger partial charge in [0, 0.05) is 19.6 Å². The summed E-state index contributed by atoms with van der Waals surface area (Å²) in [6.07, 6.45) is 1.43. The van der Waals surface area contributed by atoms with Crippen LogP contribution < -0.4 is 4.74 Å². The van der Waals surface area contributed by atoms with Gasteiger partial charge < -0.3 is 4.74 Å². The van der Waals surface area contributed by atoms with Crippen molar-refractivity contribution in [3.05, 3.63) is 65.7 Å². The predicted octanol–water partition coefficient (Wildman–Crippen LogP) is 3.65. The predicted molar refractivity (Wildman–Crippen MR) is 81.9 cm³/mol. The van der Waals surface area contributed by atoms with Gasteiger partial charge in [-0.3, -0.25) is 4.90 Å². The number of rotatable bonds is 4. The lowest BCUT2D eigenvalue weighted by Crippen LogP contribution is -2.24. The maximum Gasteiger partial charge on any atom is 0.122 e. The van der Waals surface area contributed by atoms with Crippen LogP contribution in [0.2, 0.25) is 0 Å². The topological polar surface area (TPSA) is 12.5 Å². The number of likely N-dealkylation sites (tertiary alicyclic amines) is 1. The molecule has 104 valence electrons. The first-order valence-electron chi connectivity index (χ1n) is 7.30. The number of ether oxygens (including phenoxy) is 1. The molecule has 1 aliphatic rings. The van der Waals surface area contributed by atoms with Crippen LogP contribution in [0, 0.1) is 6.92 Å². The van der Waals surface area contributed by atoms with Crippen molar-refractivity contribution in [2.24, 2.45) is 0 Å². The molecule has 1 unspecified atom stereocenters. The van der Waals surface area contributed by atoms with Crippen molar-refractivity contribution in [1.82, 2.24) is 4.90 Å². The molecule has 2 aromatic carbocycles. The molecule has 1 heterocycles. The maximum absolute atomic E-state index is 6.13. The molecular formula is C18H21NO. The van der Waals surface area contributed by atoms with E-state index in [1.54, 1.807) is 0 Å². The molecule has 2 heteroatoms. The molecule has 0 aromatic heterocycles. The third kappa shape index (κ3) is 3.20. The van der Waals surface area contributed by atoms with Crippen LogP contribution in [0.15, 0.2) is 54.6 Å². The molecule has 0 bridgehead atoms. The molecule has 2 nitrogen and oxygen atoms in total. The van der Waals surface area contributed by atoms with Crippen molar-refractivity contribution in [2.75, 3.05) is 13.1 Å². The summed E-state index contributed by atoms with van der Waals surface area (Å²) in [4.78, 5) is 2.47. The van der Waals surface area contributed by atoms with Gasteiger partial charge in [0.2, 0.25) is 0 Å². The molecule has 1 fully saturated rings. The third-order valence-electron chi connectivity index (χ3n) is 3.87. The highest BCUT2D eigenvalue weighted by molar-refractivity contribution is 5.32. The van der Waals surface area contributed by atoms with E-state index in [2.05, 4.69) is 60.4 Å². The van der Waals surface area contributed by atoms with Gasteiger partial charge in [-0.05, 0) is 30.5 Å². The van der Waals surface area contributed by atoms with Gasteiger partial charge in [0.15, 0.2) is 0 Å². The summed E-state index contributed by atoms with van der Waals surface area (Å²) in [5, 5.41) is 0. The fourth-order valence-electron chi connectivity index (χ4n) is 2.75. The summed E-state index contributed by atoms with van der Waals surface area (Å²) in [7, 11) is 0. The summed E-state index contributed by atoms with van der Waals surface area (Å²) in [6.45, 7) is 5.26. The molecule has 3 rings (SSSR count). The average Bonchev–Trinajstić information content (AvgIpc) is 2.90. The molecule has 0 N–H and O–H groups in total. The molecule has 20 heavy (non-hydrogen) atoms. The first-order chi connectivity index (χ1) is 9.81. The van der Waals surface area contributed by atoms with E-state index in [1.165, 1.54) is 11.1 Å². The van der Waals surface area contributed by atoms with Crippen molar-refractivity contribution in [3.63, 3.8) is 0 Å². The van der Waals surface area contributed by atoms with E-state index in [0.29, 0.717) is 6.10 Å². The minimum absolute atomic E-state index is 0.319. The Morgan fingerprint density at radius 2 is 1.80 bits per heavy atom. The fraction of sp³-hybridized carbons (Fsp3) is 0.333. The Kier molecular flexibility index (Phi) is 4.03. The van der Waals surface area contributed by atoms with Crippen LogP contribution in [0.4, 0.5) is 0 Å². The maximum atomic E-state index is 6.13. The Bertz CT molecular complexity index is 552. The monoisotopic (exact) mass is 267 g/mol. The Morgan fingerprint density at radius 1 is 1.05 bits per heavy atom. The number of hydrogen-bond donors (Lipinski definition) is 0. The molecule has 1 aliphatic heterocycles. The molecule has 1 saturated heterocycles. The smallest absolute Gasteiger partial charge is 0.122 e. The van der Waals surface area contributed by atoms with Gasteiger partial charge in [-0.1, -0.05) is 48.5 Å². The largest absolute Gasteiger partial charge is 0.489 e. The van der Waals surface area contributed by atoms with Crippen LogP contribution in [0.25, 0.3) is 0 Å². The summed E-state index contributed by atoms with van der Waals surface area (Å²) >= 11 is 0. The van der Waals surface area contributed by atoms with Crippen molar-refractivity contribution in [2.45, 2.75) is 26.0 Å². The van der Waals surface area contributed by atoms with Crippen LogP contribution in [0.5, 0.6) is 5.75 Å². The molecule has 0 radical (unpaired) electrons. The second-order valence-electron chi connectivity index (χ2n) is 5.51. The minimum atomic E-state index is 0.319. The molecule has 1 atom stereocenters. The second kappa shape index (κ2) is 6.10. The Labute approximate surface area is 121 Å². The molecule has 0 aliphatic carbocycles. The molecule has 0 saturated carbocycles. The normalized spacial score (nSPS) is 19.1. The van der Waals surface area contributed by atoms with E-state index in [-0.39, 0.29) is 0 Å². The SMILES string of the molecule is Cc1ccccc1OC1CCN(Cc2ccccc2)C1. The number of aryl methyl sites for hydroxylation is 1. The van der Waals surface area contributed by atoms with E-state index in [1.807, 2.05) is 6.07 Å². The van der Waals surface area contributed by atoms with Gasteiger partial charge in [0.05, 0.1) is 0 Å². The number of hydrogen-bond acceptors (Lipinski definition) is 2. The first kappa shape index (κ1) is 13.2. The summed E-state index contributed by atoms with van der Waals surface area (Å²) in [5.41, 5.74) is 2.60. The Hall–Kier alpha value is -1.80. The van der Waals surface area contributed by atoms with Crippen molar-refractivity contribution in [3.8, 4) is 5.75 Å². The fourth-order valence-corrected chi connectivity index (χ4v) is 2.75. The van der Waals surface area contributed by atoms with Gasteiger partial charge in [0.25, 0.3) is 0 Å². The highest BCUT2D eigenvalue weighted by atomic mass is 16.5. The standard InChI is InChI=1S/C18H21NO/c1-15-7-5-6-10-18(15)20-17-11-12-19(14-17)13-16-8-3-2-4-9-16/h2-10,17H,11-14H2,1H3. The van der Waals surface area contributed by atoms with E-state index >= 15 is 0 Å². The van der Waals surface area contributed by atoms with Gasteiger partial charge in [-0.25, -0.2) is 0 Å². The number of nitrogens with zero attached hydrogens (tertiary/aromatic N) is 1. The van der Waals surface area contributed by atoms with Gasteiger partial charge in [0.1, 0.15) is 11.9 Å². The Balaban J connectivity index is 1.56. The van der Waals surface area contributed by atoms with Gasteiger partial charge >= 0.3 is 0 Å². The van der Waals surface area contributed by atoms with Gasteiger partial charge in [-0.15, -0.1) is 0 Å². The minimum Gasteiger partial charge on any atom is -0.489 e. The van der Waals surface area contributed by atoms with E-state index < -0.39 is 0 Å². The first-order valence-corrected chi connectivity index (χ1v) is 7.30. The summed E-state index contributed by atoms with van der Waals surface area (Å²) in [5.74, 6) is 1.03. The van der Waals surface area contributed by atoms with Crippen LogP contribution in [0.1, 0.15) is 17.5 Å². The van der Waals surface area contributed by atoms with E-state index in [0.717, 1.165) is 31.8 Å². The van der Waals surface area contributed by atoms with Crippen LogP contribution in [-0.4, -0.2) is 24.1 Å². The molecule has 0 amide bonds. The van der Waals surface area contributed by atoms with E-state index in [4.69, 9.17) is 4.74 Å². The van der Waals surface area contributed by atoms with Crippen LogP contribution >= 0.6 is 0 Å². The summed E-state index contributed by atoms with van der Waals surface area (Å²) < 4.78 is 6.13. The highest BCUT2D eigenvalue weighted by Crippen LogP contribution is 2.22. The zero-order chi connectivity index (χ0) is 13.8. The number of benzene rings is 2. The van der Waals surface area contributed by atoms with E-state index in [9.17, 15) is 0 Å². The van der Waals surface area contributed by atoms with Crippen molar-refractivity contribution < 1.29 is 4.74 Å². The Morgan fingerprint density at radius 3 is 2.60 bits per heavy atom. The quantitative estimate of drug-likeness (QED) is 0.838. The third-order valence-corrected chi connectivity index (χ3v) is 3.87. The van der Waals surface area contributed by atoms with Crippen molar-refractivity contribution >= 4 is 0 Å². The lowest BCUT2D eigenvalue weighted by Gasteiger charge is -2.17. The number of para-hydroxylation sites is 1. The second-order valence-corrected chi connectivity index (χ2v) is 5.51. The zero-order valence-electron chi connectivity index (χ0n) is 12.0. The zero-order valence-corrected chi connectivity index (χ0v) is 12.0. The van der Waals surface area contributed by atoms with Crippen LogP contribution in [-0.2, 0) is 6.54 Å². The summed E-state index contributed by atoms with van der Waals surface area (Å²) in [6, 6.07) is 18.9. The average molecular weight is 267 g/mol. The highest BCUT2D eigenvalue weighted by Gasteiger charge is 2.24. The van der Waals surface area contributed by atoms with Crippen molar-refractivity contribution in [1.29, 1.82) is 0 Å². The lowest BCUT2D eigenvalue weighted by molar-refractivity contribution is 0.197. The molecule has 0 spiro atoms. The molecule has 2 aromatic rings. The van der Waals surface area contributed by atoms with Crippen LogP contribution in [0.3, 0.4) is 0 Å². The lowest BCUT2D eigenvalue weighted by atomic mass is 10.2. The molecular weight excluding hydrogens is 246 g/mol. The van der Waals surface area contributed by atoms with Gasteiger partial charge in [-0.2, -0.15) is 0 Å².